The average Bonchev–Trinajstić information content (AvgIpc) is 2.22. The van der Waals surface area contributed by atoms with Gasteiger partial charge in [-0.3, -0.25) is 4.79 Å². The number of halogens is 3. The summed E-state index contributed by atoms with van der Waals surface area (Å²) < 4.78 is 43.9. The van der Waals surface area contributed by atoms with Crippen LogP contribution in [0, 0.1) is 17.5 Å². The lowest BCUT2D eigenvalue weighted by molar-refractivity contribution is -0.133. The zero-order chi connectivity index (χ0) is 13.2. The molecule has 1 N–H and O–H groups in total. The number of benzene rings is 1. The fourth-order valence-corrected chi connectivity index (χ4v) is 1.02. The van der Waals surface area contributed by atoms with E-state index in [0.29, 0.717) is 12.1 Å². The van der Waals surface area contributed by atoms with E-state index in [-0.39, 0.29) is 0 Å². The fraction of sp³-hybridized carbons (Fsp3) is 0.364. The molecule has 1 rings (SSSR count). The third-order valence-electron chi connectivity index (χ3n) is 2.30. The van der Waals surface area contributed by atoms with Gasteiger partial charge in [0.1, 0.15) is 17.1 Å². The van der Waals surface area contributed by atoms with Gasteiger partial charge < -0.3 is 10.1 Å². The van der Waals surface area contributed by atoms with Crippen LogP contribution in [0.25, 0.3) is 0 Å². The van der Waals surface area contributed by atoms with E-state index in [2.05, 4.69) is 0 Å². The number of hydrogen-bond donors (Lipinski definition) is 1. The van der Waals surface area contributed by atoms with Crippen molar-refractivity contribution in [3.63, 3.8) is 0 Å². The summed E-state index contributed by atoms with van der Waals surface area (Å²) in [6.45, 7) is 2.86. The second-order valence-electron chi connectivity index (χ2n) is 3.91. The first kappa shape index (κ1) is 13.5. The highest BCUT2D eigenvalue weighted by Gasteiger charge is 2.28. The number of methoxy groups -OCH3 is 1. The highest BCUT2D eigenvalue weighted by molar-refractivity contribution is 5.96. The Hall–Kier alpha value is -1.56. The minimum Gasteiger partial charge on any atom is -0.369 e. The van der Waals surface area contributed by atoms with Gasteiger partial charge in [-0.15, -0.1) is 0 Å². The quantitative estimate of drug-likeness (QED) is 0.891. The molecule has 1 amide bonds. The van der Waals surface area contributed by atoms with Crippen molar-refractivity contribution in [1.29, 1.82) is 0 Å². The molecule has 17 heavy (non-hydrogen) atoms. The minimum atomic E-state index is -1.24. The van der Waals surface area contributed by atoms with Crippen LogP contribution in [0.1, 0.15) is 13.8 Å². The Balaban J connectivity index is 3.01. The number of ether oxygens (including phenoxy) is 1. The molecule has 0 aromatic heterocycles. The first-order valence-electron chi connectivity index (χ1n) is 4.79. The summed E-state index contributed by atoms with van der Waals surface area (Å²) in [5.41, 5.74) is -1.94. The Morgan fingerprint density at radius 2 is 1.71 bits per heavy atom. The van der Waals surface area contributed by atoms with Crippen molar-refractivity contribution in [3.8, 4) is 0 Å². The summed E-state index contributed by atoms with van der Waals surface area (Å²) in [4.78, 5) is 11.6. The molecule has 0 saturated carbocycles. The number of carbonyl (C=O) groups excluding carboxylic acids is 1. The lowest BCUT2D eigenvalue weighted by Crippen LogP contribution is -2.39. The molecule has 1 aromatic carbocycles. The summed E-state index contributed by atoms with van der Waals surface area (Å²) in [6.07, 6.45) is 0. The zero-order valence-corrected chi connectivity index (χ0v) is 9.61. The van der Waals surface area contributed by atoms with Gasteiger partial charge in [0.2, 0.25) is 0 Å². The van der Waals surface area contributed by atoms with Gasteiger partial charge in [0.15, 0.2) is 11.6 Å². The van der Waals surface area contributed by atoms with Gasteiger partial charge >= 0.3 is 0 Å². The van der Waals surface area contributed by atoms with Crippen LogP contribution in [0.5, 0.6) is 0 Å². The molecule has 1 aromatic rings. The van der Waals surface area contributed by atoms with E-state index in [1.165, 1.54) is 21.0 Å². The van der Waals surface area contributed by atoms with Gasteiger partial charge in [-0.2, -0.15) is 0 Å². The predicted octanol–water partition coefficient (Wildman–Crippen LogP) is 2.47. The van der Waals surface area contributed by atoms with Crippen LogP contribution in [0.4, 0.5) is 18.9 Å². The van der Waals surface area contributed by atoms with Crippen LogP contribution >= 0.6 is 0 Å². The van der Waals surface area contributed by atoms with Gasteiger partial charge in [-0.25, -0.2) is 13.2 Å². The number of anilines is 1. The molecule has 0 heterocycles. The molecular formula is C11H12F3NO2. The largest absolute Gasteiger partial charge is 0.369 e. The number of nitrogens with one attached hydrogen (secondary N) is 1. The standard InChI is InChI=1S/C11H12F3NO2/c1-11(2,17-3)10(16)15-9-7(13)4-6(12)5-8(9)14/h4-5H,1-3H3,(H,15,16). The first-order chi connectivity index (χ1) is 7.77. The maximum Gasteiger partial charge on any atom is 0.256 e. The van der Waals surface area contributed by atoms with Gasteiger partial charge in [0.25, 0.3) is 5.91 Å². The van der Waals surface area contributed by atoms with Gasteiger partial charge in [-0.05, 0) is 13.8 Å². The van der Waals surface area contributed by atoms with E-state index >= 15 is 0 Å². The number of rotatable bonds is 3. The Morgan fingerprint density at radius 3 is 2.12 bits per heavy atom. The number of amides is 1. The highest BCUT2D eigenvalue weighted by Crippen LogP contribution is 2.22. The summed E-state index contributed by atoms with van der Waals surface area (Å²) in [5, 5.41) is 2.02. The molecule has 0 unspecified atom stereocenters. The monoisotopic (exact) mass is 247 g/mol. The van der Waals surface area contributed by atoms with Crippen LogP contribution < -0.4 is 5.32 Å². The normalized spacial score (nSPS) is 11.4. The van der Waals surface area contributed by atoms with Crippen LogP contribution in [0.2, 0.25) is 0 Å². The summed E-state index contributed by atoms with van der Waals surface area (Å²) >= 11 is 0. The molecule has 0 aliphatic heterocycles. The predicted molar refractivity (Wildman–Crippen MR) is 56.0 cm³/mol. The minimum absolute atomic E-state index is 0.485. The SMILES string of the molecule is COC(C)(C)C(=O)Nc1c(F)cc(F)cc1F. The lowest BCUT2D eigenvalue weighted by Gasteiger charge is -2.21. The molecule has 6 heteroatoms. The average molecular weight is 247 g/mol. The lowest BCUT2D eigenvalue weighted by atomic mass is 10.1. The number of carbonyl (C=O) groups is 1. The van der Waals surface area contributed by atoms with Crippen LogP contribution in [0.3, 0.4) is 0 Å². The molecule has 0 atom stereocenters. The van der Waals surface area contributed by atoms with Crippen LogP contribution in [0.15, 0.2) is 12.1 Å². The van der Waals surface area contributed by atoms with Crippen molar-refractivity contribution in [1.82, 2.24) is 0 Å². The van der Waals surface area contributed by atoms with Gasteiger partial charge in [0, 0.05) is 19.2 Å². The molecule has 0 radical (unpaired) electrons. The van der Waals surface area contributed by atoms with Crippen LogP contribution in [-0.4, -0.2) is 18.6 Å². The van der Waals surface area contributed by atoms with E-state index in [9.17, 15) is 18.0 Å². The maximum atomic E-state index is 13.2. The summed E-state index contributed by atoms with van der Waals surface area (Å²) in [7, 11) is 1.29. The van der Waals surface area contributed by atoms with E-state index < -0.39 is 34.6 Å². The zero-order valence-electron chi connectivity index (χ0n) is 9.61. The molecule has 0 fully saturated rings. The van der Waals surface area contributed by atoms with Crippen LogP contribution in [-0.2, 0) is 9.53 Å². The smallest absolute Gasteiger partial charge is 0.256 e. The van der Waals surface area contributed by atoms with Crippen molar-refractivity contribution < 1.29 is 22.7 Å². The highest BCUT2D eigenvalue weighted by atomic mass is 19.1. The molecule has 0 saturated heterocycles. The second-order valence-corrected chi connectivity index (χ2v) is 3.91. The van der Waals surface area contributed by atoms with Crippen molar-refractivity contribution in [3.05, 3.63) is 29.6 Å². The second kappa shape index (κ2) is 4.75. The number of hydrogen-bond acceptors (Lipinski definition) is 2. The van der Waals surface area contributed by atoms with Crippen molar-refractivity contribution >= 4 is 11.6 Å². The van der Waals surface area contributed by atoms with E-state index in [1.807, 2.05) is 5.32 Å². The Morgan fingerprint density at radius 1 is 1.24 bits per heavy atom. The van der Waals surface area contributed by atoms with E-state index in [1.54, 1.807) is 0 Å². The molecular weight excluding hydrogens is 235 g/mol. The third-order valence-corrected chi connectivity index (χ3v) is 2.30. The molecule has 0 aliphatic carbocycles. The molecule has 0 aliphatic rings. The van der Waals surface area contributed by atoms with E-state index in [4.69, 9.17) is 4.74 Å². The Labute approximate surface area is 96.6 Å². The fourth-order valence-electron chi connectivity index (χ4n) is 1.02. The molecule has 0 bridgehead atoms. The molecule has 0 spiro atoms. The van der Waals surface area contributed by atoms with E-state index in [0.717, 1.165) is 0 Å². The Kier molecular flexibility index (Phi) is 3.77. The first-order valence-corrected chi connectivity index (χ1v) is 4.79. The maximum absolute atomic E-state index is 13.2. The van der Waals surface area contributed by atoms with Crippen molar-refractivity contribution in [2.75, 3.05) is 12.4 Å². The summed E-state index contributed by atoms with van der Waals surface area (Å²) in [5.74, 6) is -4.14. The summed E-state index contributed by atoms with van der Waals surface area (Å²) in [6, 6.07) is 0.969. The van der Waals surface area contributed by atoms with Crippen molar-refractivity contribution in [2.24, 2.45) is 0 Å². The molecule has 3 nitrogen and oxygen atoms in total. The topological polar surface area (TPSA) is 38.3 Å². The Bertz CT molecular complexity index is 423. The van der Waals surface area contributed by atoms with Gasteiger partial charge in [0.05, 0.1) is 0 Å². The molecule has 94 valence electrons. The third kappa shape index (κ3) is 2.97. The van der Waals surface area contributed by atoms with Gasteiger partial charge in [-0.1, -0.05) is 0 Å². The van der Waals surface area contributed by atoms with Crippen molar-refractivity contribution in [2.45, 2.75) is 19.4 Å².